The Morgan fingerprint density at radius 2 is 1.83 bits per heavy atom. The zero-order valence-corrected chi connectivity index (χ0v) is 17.1. The molecule has 6 heteroatoms. The maximum Gasteiger partial charge on any atom is 0.226 e. The normalized spacial score (nSPS) is 11.0. The number of hydrogen-bond acceptors (Lipinski definition) is 3. The van der Waals surface area contributed by atoms with Crippen LogP contribution in [0.1, 0.15) is 22.4 Å². The summed E-state index contributed by atoms with van der Waals surface area (Å²) in [4.78, 5) is 21.5. The largest absolute Gasteiger partial charge is 0.352 e. The molecule has 0 radical (unpaired) electrons. The van der Waals surface area contributed by atoms with Crippen molar-refractivity contribution < 1.29 is 4.79 Å². The van der Waals surface area contributed by atoms with E-state index in [1.54, 1.807) is 12.3 Å². The maximum atomic E-state index is 12.7. The number of pyridine rings is 2. The first kappa shape index (κ1) is 19.2. The number of carbonyl (C=O) groups excluding carboxylic acids is 1. The Morgan fingerprint density at radius 3 is 2.59 bits per heavy atom. The molecule has 146 valence electrons. The first-order valence-electron chi connectivity index (χ1n) is 9.41. The average molecular weight is 405 g/mol. The summed E-state index contributed by atoms with van der Waals surface area (Å²) in [6, 6.07) is 15.8. The van der Waals surface area contributed by atoms with Crippen LogP contribution in [0.5, 0.6) is 0 Å². The second-order valence-electron chi connectivity index (χ2n) is 7.15. The van der Waals surface area contributed by atoms with E-state index in [9.17, 15) is 4.79 Å². The third-order valence-electron chi connectivity index (χ3n) is 4.80. The number of imidazole rings is 1. The molecule has 0 saturated heterocycles. The quantitative estimate of drug-likeness (QED) is 0.497. The standard InChI is InChI=1S/C23H21ClN4O/c1-15-3-6-18(7-4-15)23-19(28-14-16(2)5-8-21(28)27-23)12-22(29)26-13-17-9-10-25-20(24)11-17/h3-11,14H,12-13H2,1-2H3,(H,26,29). The molecule has 0 aliphatic rings. The molecule has 29 heavy (non-hydrogen) atoms. The van der Waals surface area contributed by atoms with Crippen molar-refractivity contribution in [1.29, 1.82) is 0 Å². The zero-order chi connectivity index (χ0) is 20.4. The molecule has 4 rings (SSSR count). The Bertz CT molecular complexity index is 1180. The van der Waals surface area contributed by atoms with Gasteiger partial charge >= 0.3 is 0 Å². The van der Waals surface area contributed by atoms with Crippen LogP contribution >= 0.6 is 11.6 Å². The van der Waals surface area contributed by atoms with Gasteiger partial charge in [0.2, 0.25) is 5.91 Å². The van der Waals surface area contributed by atoms with Gasteiger partial charge in [0, 0.05) is 24.5 Å². The summed E-state index contributed by atoms with van der Waals surface area (Å²) in [7, 11) is 0. The smallest absolute Gasteiger partial charge is 0.226 e. The number of rotatable bonds is 5. The highest BCUT2D eigenvalue weighted by Gasteiger charge is 2.17. The second kappa shape index (κ2) is 8.05. The number of benzene rings is 1. The molecule has 1 aromatic carbocycles. The minimum absolute atomic E-state index is 0.0744. The van der Waals surface area contributed by atoms with E-state index in [0.29, 0.717) is 11.7 Å². The predicted molar refractivity (Wildman–Crippen MR) is 115 cm³/mol. The van der Waals surface area contributed by atoms with Gasteiger partial charge in [0.15, 0.2) is 0 Å². The molecule has 1 N–H and O–H groups in total. The summed E-state index contributed by atoms with van der Waals surface area (Å²) < 4.78 is 2.01. The molecule has 1 amide bonds. The summed E-state index contributed by atoms with van der Waals surface area (Å²) in [5.41, 5.74) is 6.74. The molecule has 0 aliphatic carbocycles. The number of hydrogen-bond donors (Lipinski definition) is 1. The molecule has 0 atom stereocenters. The van der Waals surface area contributed by atoms with Crippen molar-refractivity contribution in [3.63, 3.8) is 0 Å². The third-order valence-corrected chi connectivity index (χ3v) is 5.01. The Hall–Kier alpha value is -3.18. The van der Waals surface area contributed by atoms with E-state index < -0.39 is 0 Å². The van der Waals surface area contributed by atoms with Crippen molar-refractivity contribution >= 4 is 23.2 Å². The molecule has 0 unspecified atom stereocenters. The molecule has 0 aliphatic heterocycles. The number of nitrogens with zero attached hydrogens (tertiary/aromatic N) is 3. The molecule has 3 heterocycles. The summed E-state index contributed by atoms with van der Waals surface area (Å²) in [6.45, 7) is 4.48. The van der Waals surface area contributed by atoms with Gasteiger partial charge in [-0.1, -0.05) is 47.5 Å². The monoisotopic (exact) mass is 404 g/mol. The molecule has 0 fully saturated rings. The number of nitrogens with one attached hydrogen (secondary N) is 1. The average Bonchev–Trinajstić information content (AvgIpc) is 3.05. The topological polar surface area (TPSA) is 59.3 Å². The maximum absolute atomic E-state index is 12.7. The van der Waals surface area contributed by atoms with Gasteiger partial charge in [0.05, 0.1) is 17.8 Å². The van der Waals surface area contributed by atoms with Gasteiger partial charge in [-0.25, -0.2) is 9.97 Å². The van der Waals surface area contributed by atoms with E-state index in [0.717, 1.165) is 33.7 Å². The van der Waals surface area contributed by atoms with Crippen LogP contribution in [0.25, 0.3) is 16.9 Å². The lowest BCUT2D eigenvalue weighted by molar-refractivity contribution is -0.120. The van der Waals surface area contributed by atoms with Crippen LogP contribution in [0.4, 0.5) is 0 Å². The summed E-state index contributed by atoms with van der Waals surface area (Å²) >= 11 is 5.92. The van der Waals surface area contributed by atoms with Crippen LogP contribution in [-0.4, -0.2) is 20.3 Å². The minimum Gasteiger partial charge on any atom is -0.352 e. The molecule has 0 spiro atoms. The van der Waals surface area contributed by atoms with Crippen LogP contribution in [-0.2, 0) is 17.8 Å². The first-order chi connectivity index (χ1) is 14.0. The van der Waals surface area contributed by atoms with E-state index in [1.807, 2.05) is 47.9 Å². The van der Waals surface area contributed by atoms with Crippen LogP contribution in [0.2, 0.25) is 5.15 Å². The number of aromatic nitrogens is 3. The van der Waals surface area contributed by atoms with Gasteiger partial charge < -0.3 is 9.72 Å². The van der Waals surface area contributed by atoms with Crippen LogP contribution in [0.3, 0.4) is 0 Å². The fraction of sp³-hybridized carbons (Fsp3) is 0.174. The van der Waals surface area contributed by atoms with E-state index in [2.05, 4.69) is 29.4 Å². The van der Waals surface area contributed by atoms with Crippen molar-refractivity contribution in [3.05, 3.63) is 88.5 Å². The summed E-state index contributed by atoms with van der Waals surface area (Å²) in [5.74, 6) is -0.0744. The van der Waals surface area contributed by atoms with Crippen molar-refractivity contribution in [2.45, 2.75) is 26.8 Å². The van der Waals surface area contributed by atoms with E-state index >= 15 is 0 Å². The van der Waals surface area contributed by atoms with E-state index in [-0.39, 0.29) is 12.3 Å². The van der Waals surface area contributed by atoms with Crippen LogP contribution < -0.4 is 5.32 Å². The molecule has 5 nitrogen and oxygen atoms in total. The van der Waals surface area contributed by atoms with Crippen molar-refractivity contribution in [1.82, 2.24) is 19.7 Å². The Balaban J connectivity index is 1.64. The molecular weight excluding hydrogens is 384 g/mol. The van der Waals surface area contributed by atoms with Crippen LogP contribution in [0, 0.1) is 13.8 Å². The molecule has 3 aromatic heterocycles. The zero-order valence-electron chi connectivity index (χ0n) is 16.3. The van der Waals surface area contributed by atoms with Crippen molar-refractivity contribution in [2.24, 2.45) is 0 Å². The van der Waals surface area contributed by atoms with E-state index in [1.165, 1.54) is 5.56 Å². The number of fused-ring (bicyclic) bond motifs is 1. The summed E-state index contributed by atoms with van der Waals surface area (Å²) in [6.07, 6.45) is 3.88. The Kier molecular flexibility index (Phi) is 5.32. The SMILES string of the molecule is Cc1ccc(-c2nc3ccc(C)cn3c2CC(=O)NCc2ccnc(Cl)c2)cc1. The number of aryl methyl sites for hydroxylation is 2. The Labute approximate surface area is 174 Å². The molecule has 0 saturated carbocycles. The third kappa shape index (κ3) is 4.30. The van der Waals surface area contributed by atoms with Gasteiger partial charge in [0.1, 0.15) is 10.8 Å². The predicted octanol–water partition coefficient (Wildman–Crippen LogP) is 4.53. The minimum atomic E-state index is -0.0744. The van der Waals surface area contributed by atoms with Crippen molar-refractivity contribution in [3.8, 4) is 11.3 Å². The first-order valence-corrected chi connectivity index (χ1v) is 9.79. The fourth-order valence-corrected chi connectivity index (χ4v) is 3.48. The lowest BCUT2D eigenvalue weighted by atomic mass is 10.1. The lowest BCUT2D eigenvalue weighted by Gasteiger charge is -2.08. The van der Waals surface area contributed by atoms with Gasteiger partial charge in [-0.3, -0.25) is 4.79 Å². The van der Waals surface area contributed by atoms with Crippen LogP contribution in [0.15, 0.2) is 60.9 Å². The molecule has 4 aromatic rings. The molecule has 0 bridgehead atoms. The fourth-order valence-electron chi connectivity index (χ4n) is 3.28. The number of halogens is 1. The van der Waals surface area contributed by atoms with Crippen molar-refractivity contribution in [2.75, 3.05) is 0 Å². The van der Waals surface area contributed by atoms with Gasteiger partial charge in [-0.05, 0) is 43.2 Å². The number of carbonyl (C=O) groups is 1. The van der Waals surface area contributed by atoms with Gasteiger partial charge in [0.25, 0.3) is 0 Å². The lowest BCUT2D eigenvalue weighted by Crippen LogP contribution is -2.25. The number of amides is 1. The molecular formula is C23H21ClN4O. The van der Waals surface area contributed by atoms with Gasteiger partial charge in [-0.15, -0.1) is 0 Å². The Morgan fingerprint density at radius 1 is 1.07 bits per heavy atom. The second-order valence-corrected chi connectivity index (χ2v) is 7.54. The highest BCUT2D eigenvalue weighted by atomic mass is 35.5. The highest BCUT2D eigenvalue weighted by molar-refractivity contribution is 6.29. The summed E-state index contributed by atoms with van der Waals surface area (Å²) in [5, 5.41) is 3.38. The highest BCUT2D eigenvalue weighted by Crippen LogP contribution is 2.26. The van der Waals surface area contributed by atoms with Gasteiger partial charge in [-0.2, -0.15) is 0 Å². The van der Waals surface area contributed by atoms with E-state index in [4.69, 9.17) is 16.6 Å².